The van der Waals surface area contributed by atoms with E-state index in [2.05, 4.69) is 85.9 Å². The molecule has 0 saturated heterocycles. The molecule has 2 heteroatoms. The molecule has 2 fully saturated rings. The molecule has 0 aliphatic heterocycles. The minimum atomic E-state index is -1.76. The van der Waals surface area contributed by atoms with Crippen molar-refractivity contribution >= 4 is 13.3 Å². The van der Waals surface area contributed by atoms with E-state index in [-0.39, 0.29) is 55.5 Å². The topological polar surface area (TPSA) is 0 Å². The Morgan fingerprint density at radius 2 is 1.08 bits per heavy atom. The molecule has 4 aliphatic rings. The molecule has 6 unspecified atom stereocenters. The SMILES string of the molecule is CCCCCCCC[Si](c1ccccc1)(C1CCC2C=CC=CC21)C1CCC2C=CC=CC21.[CH3-].[CH3-].[CH3-].[CH3-].[Hf+4]. The van der Waals surface area contributed by atoms with Gasteiger partial charge < -0.3 is 29.7 Å². The molecule has 208 valence electrons. The molecule has 0 N–H and O–H groups in total. The summed E-state index contributed by atoms with van der Waals surface area (Å²) >= 11 is 0. The number of allylic oxidation sites excluding steroid dienone is 8. The first-order valence-corrected chi connectivity index (χ1v) is 16.5. The van der Waals surface area contributed by atoms with Crippen LogP contribution >= 0.6 is 0 Å². The van der Waals surface area contributed by atoms with Gasteiger partial charge in [0, 0.05) is 0 Å². The Hall–Kier alpha value is -0.733. The molecule has 2 saturated carbocycles. The predicted molar refractivity (Wildman–Crippen MR) is 172 cm³/mol. The van der Waals surface area contributed by atoms with Crippen molar-refractivity contribution < 1.29 is 25.8 Å². The fourth-order valence-electron chi connectivity index (χ4n) is 8.28. The zero-order valence-corrected chi connectivity index (χ0v) is 29.8. The second kappa shape index (κ2) is 17.9. The van der Waals surface area contributed by atoms with Crippen molar-refractivity contribution in [2.45, 2.75) is 88.3 Å². The molecule has 0 bridgehead atoms. The van der Waals surface area contributed by atoms with Crippen LogP contribution < -0.4 is 5.19 Å². The van der Waals surface area contributed by atoms with Crippen molar-refractivity contribution in [2.75, 3.05) is 0 Å². The third-order valence-electron chi connectivity index (χ3n) is 9.72. The average Bonchev–Trinajstić information content (AvgIpc) is 3.50. The van der Waals surface area contributed by atoms with Crippen LogP contribution in [0.2, 0.25) is 17.1 Å². The molecule has 0 nitrogen and oxygen atoms in total. The van der Waals surface area contributed by atoms with Crippen molar-refractivity contribution in [3.05, 3.63) is 109 Å². The second-order valence-corrected chi connectivity index (χ2v) is 16.0. The maximum Gasteiger partial charge on any atom is 4.00 e. The summed E-state index contributed by atoms with van der Waals surface area (Å²) in [5.74, 6) is 3.14. The van der Waals surface area contributed by atoms with E-state index in [1.165, 1.54) is 70.3 Å². The molecule has 38 heavy (non-hydrogen) atoms. The first-order valence-electron chi connectivity index (χ1n) is 14.1. The fraction of sp³-hybridized carbons (Fsp3) is 0.500. The summed E-state index contributed by atoms with van der Waals surface area (Å²) < 4.78 is 0. The maximum atomic E-state index is 2.62. The molecular weight excluding hydrogens is 639 g/mol. The molecule has 0 heterocycles. The van der Waals surface area contributed by atoms with Crippen molar-refractivity contribution in [3.63, 3.8) is 0 Å². The van der Waals surface area contributed by atoms with Crippen LogP contribution in [0.4, 0.5) is 0 Å². The minimum absolute atomic E-state index is 0. The van der Waals surface area contributed by atoms with Crippen molar-refractivity contribution in [2.24, 2.45) is 23.7 Å². The van der Waals surface area contributed by atoms with Crippen LogP contribution in [0.15, 0.2) is 78.9 Å². The summed E-state index contributed by atoms with van der Waals surface area (Å²) in [5, 5.41) is 1.79. The van der Waals surface area contributed by atoms with E-state index in [0.717, 1.165) is 34.8 Å². The summed E-state index contributed by atoms with van der Waals surface area (Å²) in [6.07, 6.45) is 33.9. The van der Waals surface area contributed by atoms with E-state index >= 15 is 0 Å². The first kappa shape index (κ1) is 37.3. The van der Waals surface area contributed by atoms with Gasteiger partial charge in [0.1, 0.15) is 0 Å². The van der Waals surface area contributed by atoms with Gasteiger partial charge in [-0.3, -0.25) is 0 Å². The van der Waals surface area contributed by atoms with Crippen molar-refractivity contribution in [1.29, 1.82) is 0 Å². The van der Waals surface area contributed by atoms with E-state index in [4.69, 9.17) is 0 Å². The third kappa shape index (κ3) is 7.51. The predicted octanol–water partition coefficient (Wildman–Crippen LogP) is 10.5. The van der Waals surface area contributed by atoms with E-state index < -0.39 is 8.07 Å². The molecule has 5 rings (SSSR count). The van der Waals surface area contributed by atoms with E-state index in [1.807, 2.05) is 0 Å². The number of hydrogen-bond acceptors (Lipinski definition) is 0. The quantitative estimate of drug-likeness (QED) is 0.130. The molecule has 1 aromatic rings. The summed E-state index contributed by atoms with van der Waals surface area (Å²) in [6, 6.07) is 13.6. The summed E-state index contributed by atoms with van der Waals surface area (Å²) in [7, 11) is -1.76. The van der Waals surface area contributed by atoms with Crippen LogP contribution in [-0.2, 0) is 25.8 Å². The van der Waals surface area contributed by atoms with E-state index in [1.54, 1.807) is 5.19 Å². The number of benzene rings is 1. The molecule has 0 aromatic heterocycles. The Morgan fingerprint density at radius 1 is 0.605 bits per heavy atom. The Balaban J connectivity index is 0.00000274. The van der Waals surface area contributed by atoms with Gasteiger partial charge >= 0.3 is 25.8 Å². The van der Waals surface area contributed by atoms with E-state index in [0.29, 0.717) is 0 Å². The van der Waals surface area contributed by atoms with Crippen LogP contribution in [0, 0.1) is 53.4 Å². The number of unbranched alkanes of at least 4 members (excludes halogenated alkanes) is 5. The molecule has 0 amide bonds. The van der Waals surface area contributed by atoms with E-state index in [9.17, 15) is 0 Å². The Labute approximate surface area is 258 Å². The smallest absolute Gasteiger partial charge is 0.358 e. The van der Waals surface area contributed by atoms with Gasteiger partial charge in [-0.05, 0) is 47.6 Å². The van der Waals surface area contributed by atoms with Crippen LogP contribution in [0.1, 0.15) is 71.1 Å². The summed E-state index contributed by atoms with van der Waals surface area (Å²) in [6.45, 7) is 2.33. The Kier molecular flexibility index (Phi) is 17.5. The Bertz CT molecular complexity index is 838. The molecular formula is C36H56HfSi. The van der Waals surface area contributed by atoms with Crippen LogP contribution in [-0.4, -0.2) is 8.07 Å². The number of fused-ring (bicyclic) bond motifs is 2. The standard InChI is InChI=1S/C32H44Si.4CH3.Hf/c1-2-3-4-5-6-14-25-33(28-17-8-7-9-18-28,31-23-21-26-15-10-12-19-29(26)31)32-24-22-27-16-11-13-20-30(27)32;;;;;/h7-13,15-20,26-27,29-32H,2-6,14,21-25H2,1H3;4*1H3;/q;4*-1;+4. The Morgan fingerprint density at radius 3 is 1.61 bits per heavy atom. The average molecular weight is 695 g/mol. The molecule has 1 aromatic carbocycles. The fourth-order valence-corrected chi connectivity index (χ4v) is 15.8. The zero-order valence-electron chi connectivity index (χ0n) is 25.2. The third-order valence-corrected chi connectivity index (χ3v) is 16.3. The van der Waals surface area contributed by atoms with Crippen LogP contribution in [0.5, 0.6) is 0 Å². The van der Waals surface area contributed by atoms with Gasteiger partial charge in [0.05, 0.1) is 8.07 Å². The largest absolute Gasteiger partial charge is 4.00 e. The van der Waals surface area contributed by atoms with Crippen LogP contribution in [0.25, 0.3) is 0 Å². The molecule has 0 spiro atoms. The minimum Gasteiger partial charge on any atom is -0.358 e. The maximum absolute atomic E-state index is 2.62. The monoisotopic (exact) mass is 696 g/mol. The molecule has 6 atom stereocenters. The van der Waals surface area contributed by atoms with Gasteiger partial charge in [0.15, 0.2) is 0 Å². The van der Waals surface area contributed by atoms with Gasteiger partial charge in [0.2, 0.25) is 0 Å². The summed E-state index contributed by atoms with van der Waals surface area (Å²) in [5.41, 5.74) is 1.81. The van der Waals surface area contributed by atoms with Gasteiger partial charge in [-0.25, -0.2) is 0 Å². The van der Waals surface area contributed by atoms with Gasteiger partial charge in [-0.2, -0.15) is 0 Å². The molecule has 4 aliphatic carbocycles. The molecule has 0 radical (unpaired) electrons. The van der Waals surface area contributed by atoms with Gasteiger partial charge in [-0.1, -0.05) is 148 Å². The van der Waals surface area contributed by atoms with Crippen LogP contribution in [0.3, 0.4) is 0 Å². The van der Waals surface area contributed by atoms with Crippen molar-refractivity contribution in [3.8, 4) is 0 Å². The first-order chi connectivity index (χ1) is 16.3. The van der Waals surface area contributed by atoms with Gasteiger partial charge in [-0.15, -0.1) is 0 Å². The number of hydrogen-bond donors (Lipinski definition) is 0. The summed E-state index contributed by atoms with van der Waals surface area (Å²) in [4.78, 5) is 0. The zero-order chi connectivity index (χ0) is 22.5. The number of rotatable bonds is 10. The second-order valence-electron chi connectivity index (χ2n) is 11.3. The van der Waals surface area contributed by atoms with Crippen molar-refractivity contribution in [1.82, 2.24) is 0 Å². The van der Waals surface area contributed by atoms with Gasteiger partial charge in [0.25, 0.3) is 0 Å². The normalized spacial score (nSPS) is 29.3.